The minimum atomic E-state index is -3.26. The number of sulfonamides is 1. The Morgan fingerprint density at radius 3 is 2.56 bits per heavy atom. The van der Waals surface area contributed by atoms with Gasteiger partial charge in [-0.25, -0.2) is 13.1 Å². The predicted molar refractivity (Wildman–Crippen MR) is 110 cm³/mol. The highest BCUT2D eigenvalue weighted by Crippen LogP contribution is 2.25. The highest BCUT2D eigenvalue weighted by Gasteiger charge is 2.27. The van der Waals surface area contributed by atoms with E-state index in [1.807, 2.05) is 30.3 Å². The summed E-state index contributed by atoms with van der Waals surface area (Å²) in [6.07, 6.45) is 2.30. The molecule has 0 aliphatic carbocycles. The molecule has 0 amide bonds. The standard InChI is InChI=1S/C18H28N2O2S3/c21-25(22,15-16-5-2-1-3-6-16)19-11-17-7-4-8-20(12-17)18-13-23-9-10-24-14-18/h1-3,5-6,17-19H,4,7-15H2/t17-/m1/s1. The first-order valence-corrected chi connectivity index (χ1v) is 13.0. The van der Waals surface area contributed by atoms with Crippen molar-refractivity contribution in [1.29, 1.82) is 0 Å². The zero-order valence-corrected chi connectivity index (χ0v) is 17.1. The third-order valence-electron chi connectivity index (χ3n) is 4.85. The summed E-state index contributed by atoms with van der Waals surface area (Å²) in [7, 11) is -3.26. The summed E-state index contributed by atoms with van der Waals surface area (Å²) in [5.41, 5.74) is 0.841. The van der Waals surface area contributed by atoms with Crippen molar-refractivity contribution < 1.29 is 8.42 Å². The number of benzene rings is 1. The van der Waals surface area contributed by atoms with Crippen LogP contribution in [0.2, 0.25) is 0 Å². The van der Waals surface area contributed by atoms with E-state index in [2.05, 4.69) is 33.1 Å². The molecule has 140 valence electrons. The molecule has 0 radical (unpaired) electrons. The molecule has 2 aliphatic heterocycles. The third-order valence-corrected chi connectivity index (χ3v) is 8.66. The largest absolute Gasteiger partial charge is 0.298 e. The Balaban J connectivity index is 1.48. The van der Waals surface area contributed by atoms with Crippen molar-refractivity contribution in [2.45, 2.75) is 24.6 Å². The fraction of sp³-hybridized carbons (Fsp3) is 0.667. The van der Waals surface area contributed by atoms with Gasteiger partial charge in [0.05, 0.1) is 5.75 Å². The van der Waals surface area contributed by atoms with E-state index in [0.717, 1.165) is 18.5 Å². The molecular weight excluding hydrogens is 372 g/mol. The molecule has 1 atom stereocenters. The van der Waals surface area contributed by atoms with Gasteiger partial charge in [-0.15, -0.1) is 0 Å². The lowest BCUT2D eigenvalue weighted by Crippen LogP contribution is -2.47. The van der Waals surface area contributed by atoms with E-state index in [1.54, 1.807) is 0 Å². The van der Waals surface area contributed by atoms with Crippen molar-refractivity contribution in [3.63, 3.8) is 0 Å². The van der Waals surface area contributed by atoms with Crippen LogP contribution in [-0.4, -0.2) is 62.0 Å². The van der Waals surface area contributed by atoms with Gasteiger partial charge >= 0.3 is 0 Å². The molecule has 7 heteroatoms. The van der Waals surface area contributed by atoms with Gasteiger partial charge in [-0.05, 0) is 30.9 Å². The summed E-state index contributed by atoms with van der Waals surface area (Å²) in [6, 6.07) is 10.1. The van der Waals surface area contributed by atoms with E-state index in [0.29, 0.717) is 18.5 Å². The molecular formula is C18H28N2O2S3. The van der Waals surface area contributed by atoms with E-state index in [9.17, 15) is 8.42 Å². The number of piperidine rings is 1. The van der Waals surface area contributed by atoms with Gasteiger partial charge in [0.1, 0.15) is 0 Å². The van der Waals surface area contributed by atoms with Crippen molar-refractivity contribution in [1.82, 2.24) is 9.62 Å². The van der Waals surface area contributed by atoms with Crippen molar-refractivity contribution in [2.75, 3.05) is 42.6 Å². The Morgan fingerprint density at radius 1 is 1.12 bits per heavy atom. The van der Waals surface area contributed by atoms with Crippen LogP contribution in [0.25, 0.3) is 0 Å². The molecule has 4 nitrogen and oxygen atoms in total. The maximum absolute atomic E-state index is 12.3. The quantitative estimate of drug-likeness (QED) is 0.796. The first-order chi connectivity index (χ1) is 12.1. The van der Waals surface area contributed by atoms with Gasteiger partial charge < -0.3 is 0 Å². The normalized spacial score (nSPS) is 24.1. The van der Waals surface area contributed by atoms with Gasteiger partial charge in [-0.3, -0.25) is 4.90 Å². The Morgan fingerprint density at radius 2 is 1.84 bits per heavy atom. The zero-order chi connectivity index (χ0) is 17.5. The lowest BCUT2D eigenvalue weighted by atomic mass is 9.97. The molecule has 0 saturated carbocycles. The number of hydrogen-bond donors (Lipinski definition) is 1. The van der Waals surface area contributed by atoms with Crippen LogP contribution in [0.4, 0.5) is 0 Å². The molecule has 25 heavy (non-hydrogen) atoms. The van der Waals surface area contributed by atoms with E-state index in [1.165, 1.54) is 36.0 Å². The van der Waals surface area contributed by atoms with Gasteiger partial charge in [-0.1, -0.05) is 30.3 Å². The SMILES string of the molecule is O=S(=O)(Cc1ccccc1)NC[C@H]1CCCN(C2CSCCSC2)C1. The summed E-state index contributed by atoms with van der Waals surface area (Å²) in [6.45, 7) is 2.76. The Bertz CT molecular complexity index is 616. The van der Waals surface area contributed by atoms with Crippen molar-refractivity contribution in [3.8, 4) is 0 Å². The number of nitrogens with one attached hydrogen (secondary N) is 1. The van der Waals surface area contributed by atoms with Crippen molar-refractivity contribution in [3.05, 3.63) is 35.9 Å². The van der Waals surface area contributed by atoms with Crippen LogP contribution in [-0.2, 0) is 15.8 Å². The van der Waals surface area contributed by atoms with E-state index in [4.69, 9.17) is 0 Å². The van der Waals surface area contributed by atoms with Gasteiger partial charge in [0.25, 0.3) is 0 Å². The fourth-order valence-electron chi connectivity index (χ4n) is 3.50. The summed E-state index contributed by atoms with van der Waals surface area (Å²) in [5, 5.41) is 0. The molecule has 1 N–H and O–H groups in total. The maximum atomic E-state index is 12.3. The van der Waals surface area contributed by atoms with Crippen LogP contribution in [0.15, 0.2) is 30.3 Å². The number of likely N-dealkylation sites (tertiary alicyclic amines) is 1. The lowest BCUT2D eigenvalue weighted by molar-refractivity contribution is 0.146. The molecule has 1 aromatic rings. The summed E-state index contributed by atoms with van der Waals surface area (Å²) in [5.74, 6) is 5.46. The minimum absolute atomic E-state index is 0.0696. The molecule has 0 spiro atoms. The van der Waals surface area contributed by atoms with Crippen LogP contribution in [0.5, 0.6) is 0 Å². The average molecular weight is 401 g/mol. The van der Waals surface area contributed by atoms with Gasteiger partial charge in [-0.2, -0.15) is 23.5 Å². The van der Waals surface area contributed by atoms with Gasteiger partial charge in [0.2, 0.25) is 10.0 Å². The number of hydrogen-bond acceptors (Lipinski definition) is 5. The Kier molecular flexibility index (Phi) is 7.54. The van der Waals surface area contributed by atoms with Gasteiger partial charge in [0.15, 0.2) is 0 Å². The summed E-state index contributed by atoms with van der Waals surface area (Å²) in [4.78, 5) is 2.60. The maximum Gasteiger partial charge on any atom is 0.215 e. The molecule has 0 bridgehead atoms. The highest BCUT2D eigenvalue weighted by molar-refractivity contribution is 8.03. The molecule has 3 rings (SSSR count). The van der Waals surface area contributed by atoms with Crippen LogP contribution in [0, 0.1) is 5.92 Å². The fourth-order valence-corrected chi connectivity index (χ4v) is 7.35. The highest BCUT2D eigenvalue weighted by atomic mass is 32.2. The molecule has 2 aliphatic rings. The van der Waals surface area contributed by atoms with Crippen LogP contribution >= 0.6 is 23.5 Å². The second kappa shape index (κ2) is 9.65. The average Bonchev–Trinajstić information content (AvgIpc) is 2.90. The van der Waals surface area contributed by atoms with Crippen LogP contribution < -0.4 is 4.72 Å². The Labute approximate surface area is 160 Å². The lowest BCUT2D eigenvalue weighted by Gasteiger charge is -2.37. The summed E-state index contributed by atoms with van der Waals surface area (Å²) < 4.78 is 27.5. The number of nitrogens with zero attached hydrogens (tertiary/aromatic N) is 1. The van der Waals surface area contributed by atoms with Crippen molar-refractivity contribution >= 4 is 33.5 Å². The molecule has 2 heterocycles. The predicted octanol–water partition coefficient (Wildman–Crippen LogP) is 2.67. The zero-order valence-electron chi connectivity index (χ0n) is 14.6. The van der Waals surface area contributed by atoms with E-state index >= 15 is 0 Å². The first kappa shape index (κ1) is 19.5. The third kappa shape index (κ3) is 6.47. The number of thioether (sulfide) groups is 2. The second-order valence-corrected chi connectivity index (χ2v) is 11.0. The number of rotatable bonds is 6. The smallest absolute Gasteiger partial charge is 0.215 e. The molecule has 1 aromatic carbocycles. The van der Waals surface area contributed by atoms with Gasteiger partial charge in [0, 0.05) is 42.1 Å². The van der Waals surface area contributed by atoms with Crippen LogP contribution in [0.3, 0.4) is 0 Å². The molecule has 0 aromatic heterocycles. The Hall–Kier alpha value is -0.210. The molecule has 2 fully saturated rings. The van der Waals surface area contributed by atoms with Crippen LogP contribution in [0.1, 0.15) is 18.4 Å². The monoisotopic (exact) mass is 400 g/mol. The summed E-state index contributed by atoms with van der Waals surface area (Å²) >= 11 is 4.13. The topological polar surface area (TPSA) is 49.4 Å². The van der Waals surface area contributed by atoms with E-state index < -0.39 is 10.0 Å². The minimum Gasteiger partial charge on any atom is -0.298 e. The second-order valence-electron chi connectivity index (χ2n) is 6.90. The van der Waals surface area contributed by atoms with Crippen molar-refractivity contribution in [2.24, 2.45) is 5.92 Å². The molecule has 0 unspecified atom stereocenters. The first-order valence-electron chi connectivity index (χ1n) is 9.03. The molecule has 2 saturated heterocycles. The van der Waals surface area contributed by atoms with E-state index in [-0.39, 0.29) is 5.75 Å².